The molecule has 0 saturated carbocycles. The molecule has 1 aromatic rings. The van der Waals surface area contributed by atoms with Crippen molar-refractivity contribution < 1.29 is 14.0 Å². The number of aryl methyl sites for hydroxylation is 2. The molecule has 7 nitrogen and oxygen atoms in total. The van der Waals surface area contributed by atoms with Crippen LogP contribution in [0.25, 0.3) is 0 Å². The van der Waals surface area contributed by atoms with Gasteiger partial charge in [-0.25, -0.2) is 0 Å². The number of rotatable bonds is 12. The van der Waals surface area contributed by atoms with E-state index in [2.05, 4.69) is 27.7 Å². The minimum absolute atomic E-state index is 0. The molecule has 0 aliphatic carbocycles. The summed E-state index contributed by atoms with van der Waals surface area (Å²) in [6, 6.07) is 0. The van der Waals surface area contributed by atoms with Crippen LogP contribution >= 0.6 is 24.0 Å². The zero-order valence-corrected chi connectivity index (χ0v) is 18.2. The fourth-order valence-electron chi connectivity index (χ4n) is 2.20. The van der Waals surface area contributed by atoms with Crippen LogP contribution in [0, 0.1) is 13.8 Å². The summed E-state index contributed by atoms with van der Waals surface area (Å²) < 4.78 is 16.1. The lowest BCUT2D eigenvalue weighted by Crippen LogP contribution is -2.40. The summed E-state index contributed by atoms with van der Waals surface area (Å²) in [6.07, 6.45) is 3.12. The van der Waals surface area contributed by atoms with Crippen LogP contribution in [0.4, 0.5) is 0 Å². The first kappa shape index (κ1) is 24.1. The van der Waals surface area contributed by atoms with Crippen molar-refractivity contribution >= 4 is 29.9 Å². The number of unbranched alkanes of at least 4 members (excludes halogenated alkanes) is 1. The van der Waals surface area contributed by atoms with Gasteiger partial charge in [-0.05, 0) is 26.7 Å². The largest absolute Gasteiger partial charge is 0.379 e. The highest BCUT2D eigenvalue weighted by atomic mass is 127. The maximum atomic E-state index is 5.51. The van der Waals surface area contributed by atoms with Gasteiger partial charge >= 0.3 is 0 Å². The lowest BCUT2D eigenvalue weighted by Gasteiger charge is -2.12. The molecule has 0 spiro atoms. The first-order valence-electron chi connectivity index (χ1n) is 8.70. The van der Waals surface area contributed by atoms with Crippen molar-refractivity contribution in [2.24, 2.45) is 4.99 Å². The van der Waals surface area contributed by atoms with Crippen molar-refractivity contribution in [3.63, 3.8) is 0 Å². The Hall–Kier alpha value is -0.870. The quantitative estimate of drug-likeness (QED) is 0.212. The van der Waals surface area contributed by atoms with Crippen molar-refractivity contribution in [1.82, 2.24) is 15.8 Å². The van der Waals surface area contributed by atoms with Crippen LogP contribution in [0.2, 0.25) is 0 Å². The highest BCUT2D eigenvalue weighted by Crippen LogP contribution is 2.11. The van der Waals surface area contributed by atoms with Gasteiger partial charge in [-0.3, -0.25) is 4.99 Å². The van der Waals surface area contributed by atoms with E-state index in [1.54, 1.807) is 7.05 Å². The van der Waals surface area contributed by atoms with Gasteiger partial charge in [0.25, 0.3) is 0 Å². The summed E-state index contributed by atoms with van der Waals surface area (Å²) in [5.41, 5.74) is 2.11. The maximum Gasteiger partial charge on any atom is 0.191 e. The summed E-state index contributed by atoms with van der Waals surface area (Å²) in [5, 5.41) is 10.5. The summed E-state index contributed by atoms with van der Waals surface area (Å²) in [7, 11) is 1.76. The number of nitrogens with one attached hydrogen (secondary N) is 2. The minimum atomic E-state index is 0. The van der Waals surface area contributed by atoms with Crippen LogP contribution in [-0.2, 0) is 15.9 Å². The van der Waals surface area contributed by atoms with Crippen LogP contribution in [0.1, 0.15) is 36.8 Å². The number of halogens is 1. The molecule has 1 aromatic heterocycles. The van der Waals surface area contributed by atoms with Crippen molar-refractivity contribution in [3.05, 3.63) is 17.0 Å². The SMILES string of the molecule is CCCCOCCOCCNC(=NC)NCCc1c(C)noc1C.I. The van der Waals surface area contributed by atoms with E-state index in [1.165, 1.54) is 0 Å². The average molecular weight is 468 g/mol. The number of nitrogens with zero attached hydrogens (tertiary/aromatic N) is 2. The zero-order valence-electron chi connectivity index (χ0n) is 15.9. The Bertz CT molecular complexity index is 461. The summed E-state index contributed by atoms with van der Waals surface area (Å²) in [5.74, 6) is 1.65. The Balaban J connectivity index is 0.00000576. The van der Waals surface area contributed by atoms with Gasteiger partial charge < -0.3 is 24.6 Å². The van der Waals surface area contributed by atoms with Crippen LogP contribution in [0.3, 0.4) is 0 Å². The zero-order chi connectivity index (χ0) is 17.6. The Kier molecular flexibility index (Phi) is 14.9. The Morgan fingerprint density at radius 3 is 2.36 bits per heavy atom. The minimum Gasteiger partial charge on any atom is -0.379 e. The average Bonchev–Trinajstić information content (AvgIpc) is 2.90. The van der Waals surface area contributed by atoms with Gasteiger partial charge in [0, 0.05) is 32.3 Å². The molecule has 0 radical (unpaired) electrons. The van der Waals surface area contributed by atoms with Gasteiger partial charge in [-0.1, -0.05) is 18.5 Å². The lowest BCUT2D eigenvalue weighted by atomic mass is 10.1. The predicted octanol–water partition coefficient (Wildman–Crippen LogP) is 2.45. The van der Waals surface area contributed by atoms with Crippen LogP contribution in [-0.4, -0.2) is 57.7 Å². The molecule has 0 saturated heterocycles. The number of hydrogen-bond acceptors (Lipinski definition) is 5. The molecule has 2 N–H and O–H groups in total. The molecular formula is C17H33IN4O3. The fourth-order valence-corrected chi connectivity index (χ4v) is 2.20. The van der Waals surface area contributed by atoms with Crippen molar-refractivity contribution in [1.29, 1.82) is 0 Å². The van der Waals surface area contributed by atoms with Gasteiger partial charge in [-0.2, -0.15) is 0 Å². The number of aliphatic imine (C=N–C) groups is 1. The standard InChI is InChI=1S/C17H32N4O3.HI/c1-5-6-10-22-12-13-23-11-9-20-17(18-4)19-8-7-16-14(2)21-24-15(16)3;/h5-13H2,1-4H3,(H2,18,19,20);1H. The molecular weight excluding hydrogens is 435 g/mol. The van der Waals surface area contributed by atoms with Crippen molar-refractivity contribution in [3.8, 4) is 0 Å². The molecule has 0 aromatic carbocycles. The Morgan fingerprint density at radius 1 is 1.08 bits per heavy atom. The molecule has 0 unspecified atom stereocenters. The van der Waals surface area contributed by atoms with E-state index >= 15 is 0 Å². The van der Waals surface area contributed by atoms with E-state index in [0.29, 0.717) is 26.4 Å². The van der Waals surface area contributed by atoms with Gasteiger partial charge in [0.15, 0.2) is 5.96 Å². The second kappa shape index (κ2) is 15.4. The molecule has 0 aliphatic rings. The van der Waals surface area contributed by atoms with E-state index in [4.69, 9.17) is 14.0 Å². The van der Waals surface area contributed by atoms with E-state index in [9.17, 15) is 0 Å². The first-order chi connectivity index (χ1) is 11.7. The summed E-state index contributed by atoms with van der Waals surface area (Å²) in [4.78, 5) is 4.19. The molecule has 0 amide bonds. The van der Waals surface area contributed by atoms with E-state index in [-0.39, 0.29) is 24.0 Å². The molecule has 146 valence electrons. The molecule has 0 fully saturated rings. The van der Waals surface area contributed by atoms with E-state index in [1.807, 2.05) is 13.8 Å². The number of aromatic nitrogens is 1. The molecule has 25 heavy (non-hydrogen) atoms. The Morgan fingerprint density at radius 2 is 1.76 bits per heavy atom. The highest BCUT2D eigenvalue weighted by Gasteiger charge is 2.08. The maximum absolute atomic E-state index is 5.51. The smallest absolute Gasteiger partial charge is 0.191 e. The molecule has 0 bridgehead atoms. The third kappa shape index (κ3) is 10.7. The predicted molar refractivity (Wildman–Crippen MR) is 111 cm³/mol. The summed E-state index contributed by atoms with van der Waals surface area (Å²) in [6.45, 7) is 10.3. The van der Waals surface area contributed by atoms with Crippen LogP contribution in [0.15, 0.2) is 9.52 Å². The van der Waals surface area contributed by atoms with Gasteiger partial charge in [0.1, 0.15) is 5.76 Å². The first-order valence-corrected chi connectivity index (χ1v) is 8.70. The molecule has 1 rings (SSSR count). The molecule has 8 heteroatoms. The second-order valence-electron chi connectivity index (χ2n) is 5.56. The van der Waals surface area contributed by atoms with Gasteiger partial charge in [0.05, 0.1) is 25.5 Å². The second-order valence-corrected chi connectivity index (χ2v) is 5.56. The van der Waals surface area contributed by atoms with E-state index < -0.39 is 0 Å². The Labute approximate surface area is 168 Å². The van der Waals surface area contributed by atoms with Gasteiger partial charge in [-0.15, -0.1) is 24.0 Å². The lowest BCUT2D eigenvalue weighted by molar-refractivity contribution is 0.0487. The third-order valence-corrected chi connectivity index (χ3v) is 3.63. The number of ether oxygens (including phenoxy) is 2. The number of guanidine groups is 1. The topological polar surface area (TPSA) is 80.9 Å². The van der Waals surface area contributed by atoms with Crippen molar-refractivity contribution in [2.75, 3.05) is 46.6 Å². The summed E-state index contributed by atoms with van der Waals surface area (Å²) >= 11 is 0. The monoisotopic (exact) mass is 468 g/mol. The van der Waals surface area contributed by atoms with E-state index in [0.717, 1.165) is 55.4 Å². The van der Waals surface area contributed by atoms with Crippen molar-refractivity contribution in [2.45, 2.75) is 40.0 Å². The van der Waals surface area contributed by atoms with Crippen LogP contribution in [0.5, 0.6) is 0 Å². The fraction of sp³-hybridized carbons (Fsp3) is 0.765. The van der Waals surface area contributed by atoms with Gasteiger partial charge in [0.2, 0.25) is 0 Å². The third-order valence-electron chi connectivity index (χ3n) is 3.63. The normalized spacial score (nSPS) is 11.3. The molecule has 0 atom stereocenters. The molecule has 1 heterocycles. The van der Waals surface area contributed by atoms with Crippen LogP contribution < -0.4 is 10.6 Å². The number of hydrogen-bond donors (Lipinski definition) is 2. The molecule has 0 aliphatic heterocycles. The highest BCUT2D eigenvalue weighted by molar-refractivity contribution is 14.0.